The molecule has 0 heterocycles. The molecule has 0 fully saturated rings. The van der Waals surface area contributed by atoms with Gasteiger partial charge in [-0.1, -0.05) is 12.1 Å². The topological polar surface area (TPSA) is 66.8 Å². The van der Waals surface area contributed by atoms with Crippen LogP contribution in [0.1, 0.15) is 12.5 Å². The minimum Gasteiger partial charge on any atom is -0.490 e. The first-order valence-corrected chi connectivity index (χ1v) is 5.32. The van der Waals surface area contributed by atoms with Crippen molar-refractivity contribution >= 4 is 5.97 Å². The van der Waals surface area contributed by atoms with Gasteiger partial charge in [0.25, 0.3) is 0 Å². The predicted molar refractivity (Wildman–Crippen MR) is 64.1 cm³/mol. The molecule has 2 N–H and O–H groups in total. The maximum absolute atomic E-state index is 10.5. The van der Waals surface area contributed by atoms with Crippen LogP contribution in [-0.2, 0) is 11.2 Å². The number of carboxylic acid groups (broad SMARTS) is 1. The highest BCUT2D eigenvalue weighted by atomic mass is 16.5. The van der Waals surface area contributed by atoms with Gasteiger partial charge in [0.15, 0.2) is 0 Å². The van der Waals surface area contributed by atoms with E-state index >= 15 is 0 Å². The standard InChI is InChI=1S/C13H16O4/c1-10(9-14)6-7-17-12-4-2-11(3-5-12)8-13(15)16/h2-6,14H,7-9H2,1H3,(H,15,16). The van der Waals surface area contributed by atoms with E-state index in [1.54, 1.807) is 30.3 Å². The van der Waals surface area contributed by atoms with E-state index in [2.05, 4.69) is 0 Å². The molecule has 0 saturated heterocycles. The normalized spacial score (nSPS) is 11.3. The molecule has 0 atom stereocenters. The van der Waals surface area contributed by atoms with E-state index in [0.29, 0.717) is 12.4 Å². The zero-order chi connectivity index (χ0) is 12.7. The third-order valence-electron chi connectivity index (χ3n) is 2.21. The molecule has 4 heteroatoms. The maximum Gasteiger partial charge on any atom is 0.307 e. The van der Waals surface area contributed by atoms with Crippen LogP contribution in [0, 0.1) is 0 Å². The van der Waals surface area contributed by atoms with Gasteiger partial charge in [-0.25, -0.2) is 0 Å². The summed E-state index contributed by atoms with van der Waals surface area (Å²) >= 11 is 0. The Bertz CT molecular complexity index is 392. The highest BCUT2D eigenvalue weighted by Gasteiger charge is 2.00. The summed E-state index contributed by atoms with van der Waals surface area (Å²) in [4.78, 5) is 10.5. The number of aliphatic hydroxyl groups is 1. The molecule has 0 unspecified atom stereocenters. The Kier molecular flexibility index (Phi) is 5.23. The van der Waals surface area contributed by atoms with Crippen LogP contribution in [0.2, 0.25) is 0 Å². The number of ether oxygens (including phenoxy) is 1. The van der Waals surface area contributed by atoms with Gasteiger partial charge in [-0.2, -0.15) is 0 Å². The molecule has 0 radical (unpaired) electrons. The first-order valence-electron chi connectivity index (χ1n) is 5.32. The van der Waals surface area contributed by atoms with Gasteiger partial charge in [-0.15, -0.1) is 0 Å². The van der Waals surface area contributed by atoms with Crippen molar-refractivity contribution in [2.75, 3.05) is 13.2 Å². The molecule has 0 aliphatic carbocycles. The number of rotatable bonds is 6. The molecular weight excluding hydrogens is 220 g/mol. The molecule has 0 saturated carbocycles. The van der Waals surface area contributed by atoms with Gasteiger partial charge < -0.3 is 14.9 Å². The molecular formula is C13H16O4. The maximum atomic E-state index is 10.5. The Labute approximate surface area is 100 Å². The fourth-order valence-electron chi connectivity index (χ4n) is 1.22. The van der Waals surface area contributed by atoms with Gasteiger partial charge in [-0.05, 0) is 36.3 Å². The molecule has 0 aliphatic heterocycles. The van der Waals surface area contributed by atoms with Crippen LogP contribution in [0.5, 0.6) is 5.75 Å². The highest BCUT2D eigenvalue weighted by molar-refractivity contribution is 5.70. The minimum absolute atomic E-state index is 0.0177. The SMILES string of the molecule is CC(=CCOc1ccc(CC(=O)O)cc1)CO. The molecule has 1 rings (SSSR count). The number of carboxylic acids is 1. The lowest BCUT2D eigenvalue weighted by Crippen LogP contribution is -2.00. The van der Waals surface area contributed by atoms with Gasteiger partial charge >= 0.3 is 5.97 Å². The van der Waals surface area contributed by atoms with Crippen LogP contribution in [0.25, 0.3) is 0 Å². The Balaban J connectivity index is 2.48. The third-order valence-corrected chi connectivity index (χ3v) is 2.21. The fraction of sp³-hybridized carbons (Fsp3) is 0.308. The van der Waals surface area contributed by atoms with Crippen molar-refractivity contribution in [3.63, 3.8) is 0 Å². The van der Waals surface area contributed by atoms with Crippen molar-refractivity contribution < 1.29 is 19.7 Å². The quantitative estimate of drug-likeness (QED) is 0.737. The second kappa shape index (κ2) is 6.70. The van der Waals surface area contributed by atoms with Crippen molar-refractivity contribution in [2.45, 2.75) is 13.3 Å². The summed E-state index contributed by atoms with van der Waals surface area (Å²) in [7, 11) is 0. The largest absolute Gasteiger partial charge is 0.490 e. The molecule has 0 bridgehead atoms. The zero-order valence-electron chi connectivity index (χ0n) is 9.72. The van der Waals surface area contributed by atoms with Gasteiger partial charge in [0.2, 0.25) is 0 Å². The highest BCUT2D eigenvalue weighted by Crippen LogP contribution is 2.12. The summed E-state index contributed by atoms with van der Waals surface area (Å²) in [6, 6.07) is 6.93. The van der Waals surface area contributed by atoms with E-state index in [1.165, 1.54) is 0 Å². The molecule has 1 aromatic carbocycles. The number of carbonyl (C=O) groups is 1. The van der Waals surface area contributed by atoms with Crippen molar-refractivity contribution in [1.29, 1.82) is 0 Å². The van der Waals surface area contributed by atoms with E-state index in [1.807, 2.05) is 6.92 Å². The van der Waals surface area contributed by atoms with Gasteiger partial charge in [0, 0.05) is 0 Å². The average Bonchev–Trinajstić information content (AvgIpc) is 2.30. The van der Waals surface area contributed by atoms with Gasteiger partial charge in [0.1, 0.15) is 12.4 Å². The summed E-state index contributed by atoms with van der Waals surface area (Å²) in [5.41, 5.74) is 1.60. The summed E-state index contributed by atoms with van der Waals surface area (Å²) in [6.45, 7) is 2.24. The molecule has 0 amide bonds. The number of hydrogen-bond acceptors (Lipinski definition) is 3. The molecule has 0 spiro atoms. The first kappa shape index (κ1) is 13.3. The Morgan fingerprint density at radius 2 is 2.00 bits per heavy atom. The Hall–Kier alpha value is -1.81. The van der Waals surface area contributed by atoms with Crippen molar-refractivity contribution in [3.05, 3.63) is 41.5 Å². The zero-order valence-corrected chi connectivity index (χ0v) is 9.72. The van der Waals surface area contributed by atoms with Crippen molar-refractivity contribution in [1.82, 2.24) is 0 Å². The van der Waals surface area contributed by atoms with E-state index in [-0.39, 0.29) is 13.0 Å². The number of aliphatic hydroxyl groups excluding tert-OH is 1. The minimum atomic E-state index is -0.847. The second-order valence-electron chi connectivity index (χ2n) is 3.73. The second-order valence-corrected chi connectivity index (χ2v) is 3.73. The smallest absolute Gasteiger partial charge is 0.307 e. The van der Waals surface area contributed by atoms with E-state index in [0.717, 1.165) is 11.1 Å². The van der Waals surface area contributed by atoms with Crippen LogP contribution in [-0.4, -0.2) is 29.4 Å². The summed E-state index contributed by atoms with van der Waals surface area (Å²) in [5.74, 6) is -0.165. The van der Waals surface area contributed by atoms with E-state index < -0.39 is 5.97 Å². The molecule has 4 nitrogen and oxygen atoms in total. The Morgan fingerprint density at radius 1 is 1.35 bits per heavy atom. The van der Waals surface area contributed by atoms with Crippen LogP contribution in [0.4, 0.5) is 0 Å². The summed E-state index contributed by atoms with van der Waals surface area (Å²) < 4.78 is 5.40. The fourth-order valence-corrected chi connectivity index (χ4v) is 1.22. The van der Waals surface area contributed by atoms with Crippen molar-refractivity contribution in [2.24, 2.45) is 0 Å². The third kappa shape index (κ3) is 5.17. The summed E-state index contributed by atoms with van der Waals surface area (Å²) in [6.07, 6.45) is 1.81. The average molecular weight is 236 g/mol. The monoisotopic (exact) mass is 236 g/mol. The lowest BCUT2D eigenvalue weighted by Gasteiger charge is -2.04. The predicted octanol–water partition coefficient (Wildman–Crippen LogP) is 1.63. The molecule has 0 aromatic heterocycles. The number of hydrogen-bond donors (Lipinski definition) is 2. The number of benzene rings is 1. The molecule has 0 aliphatic rings. The van der Waals surface area contributed by atoms with E-state index in [4.69, 9.17) is 14.9 Å². The van der Waals surface area contributed by atoms with Crippen LogP contribution >= 0.6 is 0 Å². The number of aliphatic carboxylic acids is 1. The molecule has 92 valence electrons. The van der Waals surface area contributed by atoms with E-state index in [9.17, 15) is 4.79 Å². The summed E-state index contributed by atoms with van der Waals surface area (Å²) in [5, 5.41) is 17.4. The van der Waals surface area contributed by atoms with Crippen LogP contribution < -0.4 is 4.74 Å². The lowest BCUT2D eigenvalue weighted by atomic mass is 10.1. The van der Waals surface area contributed by atoms with Gasteiger partial charge in [-0.3, -0.25) is 4.79 Å². The van der Waals surface area contributed by atoms with Crippen LogP contribution in [0.15, 0.2) is 35.9 Å². The first-order chi connectivity index (χ1) is 8.11. The van der Waals surface area contributed by atoms with Crippen molar-refractivity contribution in [3.8, 4) is 5.75 Å². The Morgan fingerprint density at radius 3 is 2.53 bits per heavy atom. The molecule has 17 heavy (non-hydrogen) atoms. The van der Waals surface area contributed by atoms with Crippen LogP contribution in [0.3, 0.4) is 0 Å². The lowest BCUT2D eigenvalue weighted by molar-refractivity contribution is -0.136. The van der Waals surface area contributed by atoms with Gasteiger partial charge in [0.05, 0.1) is 13.0 Å². The molecule has 1 aromatic rings.